The van der Waals surface area contributed by atoms with Gasteiger partial charge in [-0.2, -0.15) is 5.26 Å². The SMILES string of the molecule is Cc1cc(C#N)ccc1C(=O)N1CCN(C(=O)N(C)C)CC1(C)C. The van der Waals surface area contributed by atoms with Crippen LogP contribution in [0.5, 0.6) is 0 Å². The van der Waals surface area contributed by atoms with Crippen LogP contribution >= 0.6 is 0 Å². The summed E-state index contributed by atoms with van der Waals surface area (Å²) in [5.41, 5.74) is 1.49. The summed E-state index contributed by atoms with van der Waals surface area (Å²) in [4.78, 5) is 30.3. The van der Waals surface area contributed by atoms with Crippen molar-refractivity contribution < 1.29 is 9.59 Å². The van der Waals surface area contributed by atoms with Gasteiger partial charge in [0.05, 0.1) is 17.2 Å². The number of piperazine rings is 1. The number of carbonyl (C=O) groups is 2. The van der Waals surface area contributed by atoms with Crippen LogP contribution < -0.4 is 0 Å². The van der Waals surface area contributed by atoms with E-state index in [0.29, 0.717) is 30.8 Å². The van der Waals surface area contributed by atoms with Crippen LogP contribution in [0, 0.1) is 18.3 Å². The maximum atomic E-state index is 13.0. The molecule has 0 unspecified atom stereocenters. The number of amides is 3. The van der Waals surface area contributed by atoms with E-state index < -0.39 is 5.54 Å². The number of carbonyl (C=O) groups excluding carboxylic acids is 2. The molecule has 1 aromatic rings. The van der Waals surface area contributed by atoms with Gasteiger partial charge in [0.15, 0.2) is 0 Å². The minimum atomic E-state index is -0.457. The maximum absolute atomic E-state index is 13.0. The number of urea groups is 1. The summed E-state index contributed by atoms with van der Waals surface area (Å²) in [5.74, 6) is -0.0565. The summed E-state index contributed by atoms with van der Waals surface area (Å²) < 4.78 is 0. The number of benzene rings is 1. The molecule has 1 fully saturated rings. The van der Waals surface area contributed by atoms with E-state index in [1.807, 2.05) is 25.7 Å². The second-order valence-corrected chi connectivity index (χ2v) is 7.01. The lowest BCUT2D eigenvalue weighted by Crippen LogP contribution is -2.63. The van der Waals surface area contributed by atoms with Crippen molar-refractivity contribution in [1.82, 2.24) is 14.7 Å². The molecule has 0 aromatic heterocycles. The van der Waals surface area contributed by atoms with Gasteiger partial charge in [-0.05, 0) is 44.5 Å². The molecule has 0 radical (unpaired) electrons. The molecule has 2 rings (SSSR count). The molecule has 3 amide bonds. The average Bonchev–Trinajstić information content (AvgIpc) is 2.52. The van der Waals surface area contributed by atoms with Gasteiger partial charge >= 0.3 is 6.03 Å². The highest BCUT2D eigenvalue weighted by molar-refractivity contribution is 5.96. The Hall–Kier alpha value is -2.55. The van der Waals surface area contributed by atoms with E-state index in [1.54, 1.807) is 42.1 Å². The highest BCUT2D eigenvalue weighted by atomic mass is 16.2. The molecule has 0 aliphatic carbocycles. The Balaban J connectivity index is 2.23. The van der Waals surface area contributed by atoms with Gasteiger partial charge < -0.3 is 14.7 Å². The highest BCUT2D eigenvalue weighted by Crippen LogP contribution is 2.25. The van der Waals surface area contributed by atoms with E-state index in [0.717, 1.165) is 5.56 Å². The second-order valence-electron chi connectivity index (χ2n) is 7.01. The molecule has 1 heterocycles. The Kier molecular flexibility index (Phi) is 4.83. The number of hydrogen-bond donors (Lipinski definition) is 0. The Morgan fingerprint density at radius 1 is 1.25 bits per heavy atom. The van der Waals surface area contributed by atoms with Gasteiger partial charge in [-0.25, -0.2) is 4.79 Å². The third-order valence-corrected chi connectivity index (χ3v) is 4.39. The number of hydrogen-bond acceptors (Lipinski definition) is 3. The summed E-state index contributed by atoms with van der Waals surface area (Å²) in [5, 5.41) is 8.96. The number of nitriles is 1. The van der Waals surface area contributed by atoms with Crippen LogP contribution in [0.1, 0.15) is 35.3 Å². The van der Waals surface area contributed by atoms with Crippen LogP contribution in [-0.2, 0) is 0 Å². The van der Waals surface area contributed by atoms with E-state index in [2.05, 4.69) is 6.07 Å². The first-order valence-corrected chi connectivity index (χ1v) is 7.96. The average molecular weight is 328 g/mol. The molecule has 6 nitrogen and oxygen atoms in total. The third-order valence-electron chi connectivity index (χ3n) is 4.39. The van der Waals surface area contributed by atoms with Crippen molar-refractivity contribution in [1.29, 1.82) is 5.26 Å². The molecule has 24 heavy (non-hydrogen) atoms. The van der Waals surface area contributed by atoms with Gasteiger partial charge in [0.1, 0.15) is 0 Å². The van der Waals surface area contributed by atoms with Gasteiger partial charge in [-0.15, -0.1) is 0 Å². The van der Waals surface area contributed by atoms with Crippen molar-refractivity contribution in [3.63, 3.8) is 0 Å². The molecule has 0 N–H and O–H groups in total. The van der Waals surface area contributed by atoms with Crippen molar-refractivity contribution in [3.05, 3.63) is 34.9 Å². The standard InChI is InChI=1S/C18H24N4O2/c1-13-10-14(11-19)6-7-15(13)16(23)22-9-8-21(12-18(22,2)3)17(24)20(4)5/h6-7,10H,8-9,12H2,1-5H3. The zero-order valence-electron chi connectivity index (χ0n) is 15.0. The summed E-state index contributed by atoms with van der Waals surface area (Å²) >= 11 is 0. The highest BCUT2D eigenvalue weighted by Gasteiger charge is 2.39. The topological polar surface area (TPSA) is 67.6 Å². The van der Waals surface area contributed by atoms with E-state index in [9.17, 15) is 9.59 Å². The fourth-order valence-corrected chi connectivity index (χ4v) is 3.10. The summed E-state index contributed by atoms with van der Waals surface area (Å²) in [6, 6.07) is 7.15. The predicted octanol–water partition coefficient (Wildman–Crippen LogP) is 2.08. The monoisotopic (exact) mass is 328 g/mol. The maximum Gasteiger partial charge on any atom is 0.319 e. The first kappa shape index (κ1) is 17.8. The Bertz CT molecular complexity index is 703. The fraction of sp³-hybridized carbons (Fsp3) is 0.500. The van der Waals surface area contributed by atoms with E-state index in [-0.39, 0.29) is 11.9 Å². The Labute approximate surface area is 143 Å². The first-order valence-electron chi connectivity index (χ1n) is 7.96. The molecular formula is C18H24N4O2. The molecule has 0 spiro atoms. The van der Waals surface area contributed by atoms with Gasteiger partial charge in [0, 0.05) is 39.3 Å². The molecule has 1 saturated heterocycles. The van der Waals surface area contributed by atoms with Crippen LogP contribution in [0.25, 0.3) is 0 Å². The van der Waals surface area contributed by atoms with Gasteiger partial charge in [-0.3, -0.25) is 4.79 Å². The summed E-state index contributed by atoms with van der Waals surface area (Å²) in [6.07, 6.45) is 0. The summed E-state index contributed by atoms with van der Waals surface area (Å²) in [6.45, 7) is 7.28. The number of aryl methyl sites for hydroxylation is 1. The van der Waals surface area contributed by atoms with Crippen LogP contribution in [-0.4, -0.2) is 65.9 Å². The molecule has 1 aliphatic heterocycles. The summed E-state index contributed by atoms with van der Waals surface area (Å²) in [7, 11) is 3.46. The molecule has 6 heteroatoms. The van der Waals surface area contributed by atoms with Crippen LogP contribution in [0.15, 0.2) is 18.2 Å². The quantitative estimate of drug-likeness (QED) is 0.793. The molecule has 1 aliphatic rings. The zero-order valence-corrected chi connectivity index (χ0v) is 15.0. The lowest BCUT2D eigenvalue weighted by molar-refractivity contribution is 0.0240. The lowest BCUT2D eigenvalue weighted by Gasteiger charge is -2.47. The Morgan fingerprint density at radius 3 is 2.42 bits per heavy atom. The second kappa shape index (κ2) is 6.52. The largest absolute Gasteiger partial charge is 0.331 e. The van der Waals surface area contributed by atoms with Crippen molar-refractivity contribution in [2.24, 2.45) is 0 Å². The van der Waals surface area contributed by atoms with Crippen LogP contribution in [0.2, 0.25) is 0 Å². The first-order chi connectivity index (χ1) is 11.2. The van der Waals surface area contributed by atoms with Crippen molar-refractivity contribution in [2.75, 3.05) is 33.7 Å². The molecular weight excluding hydrogens is 304 g/mol. The molecule has 0 bridgehead atoms. The normalized spacial score (nSPS) is 16.5. The predicted molar refractivity (Wildman–Crippen MR) is 91.7 cm³/mol. The number of nitrogens with zero attached hydrogens (tertiary/aromatic N) is 4. The molecule has 128 valence electrons. The van der Waals surface area contributed by atoms with Gasteiger partial charge in [-0.1, -0.05) is 0 Å². The van der Waals surface area contributed by atoms with E-state index in [1.165, 1.54) is 0 Å². The van der Waals surface area contributed by atoms with E-state index >= 15 is 0 Å². The third kappa shape index (κ3) is 3.35. The van der Waals surface area contributed by atoms with Crippen LogP contribution in [0.3, 0.4) is 0 Å². The van der Waals surface area contributed by atoms with Crippen molar-refractivity contribution in [3.8, 4) is 6.07 Å². The smallest absolute Gasteiger partial charge is 0.319 e. The zero-order chi connectivity index (χ0) is 18.1. The fourth-order valence-electron chi connectivity index (χ4n) is 3.10. The molecule has 1 aromatic carbocycles. The van der Waals surface area contributed by atoms with Gasteiger partial charge in [0.25, 0.3) is 5.91 Å². The Morgan fingerprint density at radius 2 is 1.92 bits per heavy atom. The van der Waals surface area contributed by atoms with Crippen molar-refractivity contribution >= 4 is 11.9 Å². The minimum Gasteiger partial charge on any atom is -0.331 e. The molecule has 0 atom stereocenters. The van der Waals surface area contributed by atoms with Gasteiger partial charge in [0.2, 0.25) is 0 Å². The van der Waals surface area contributed by atoms with Crippen LogP contribution in [0.4, 0.5) is 4.79 Å². The minimum absolute atomic E-state index is 0.0373. The van der Waals surface area contributed by atoms with Crippen molar-refractivity contribution in [2.45, 2.75) is 26.3 Å². The molecule has 0 saturated carbocycles. The van der Waals surface area contributed by atoms with E-state index in [4.69, 9.17) is 5.26 Å². The lowest BCUT2D eigenvalue weighted by atomic mass is 9.96. The number of rotatable bonds is 1.